The number of ether oxygens (including phenoxy) is 1. The molecule has 0 saturated carbocycles. The quantitative estimate of drug-likeness (QED) is 0.161. The summed E-state index contributed by atoms with van der Waals surface area (Å²) >= 11 is 0. The van der Waals surface area contributed by atoms with Gasteiger partial charge in [0.15, 0.2) is 0 Å². The molecule has 4 aromatic rings. The van der Waals surface area contributed by atoms with Crippen molar-refractivity contribution < 1.29 is 18.7 Å². The van der Waals surface area contributed by atoms with Crippen LogP contribution < -0.4 is 4.74 Å². The van der Waals surface area contributed by atoms with Gasteiger partial charge in [-0.25, -0.2) is 4.39 Å². The van der Waals surface area contributed by atoms with Crippen molar-refractivity contribution in [1.29, 1.82) is 0 Å². The number of aryl methyl sites for hydroxylation is 1. The first-order valence-electron chi connectivity index (χ1n) is 12.9. The maximum atomic E-state index is 13.5. The molecule has 0 aliphatic rings. The van der Waals surface area contributed by atoms with Crippen LogP contribution >= 0.6 is 0 Å². The van der Waals surface area contributed by atoms with E-state index < -0.39 is 0 Å². The highest BCUT2D eigenvalue weighted by Gasteiger charge is 2.20. The van der Waals surface area contributed by atoms with Gasteiger partial charge in [0.25, 0.3) is 5.91 Å². The van der Waals surface area contributed by atoms with Crippen molar-refractivity contribution in [2.75, 3.05) is 13.1 Å². The number of benzene rings is 4. The Kier molecular flexibility index (Phi) is 9.41. The largest absolute Gasteiger partial charge is 0.427 e. The molecule has 0 fully saturated rings. The van der Waals surface area contributed by atoms with Gasteiger partial charge in [0, 0.05) is 31.5 Å². The summed E-state index contributed by atoms with van der Waals surface area (Å²) in [6.07, 6.45) is 2.21. The predicted molar refractivity (Wildman–Crippen MR) is 148 cm³/mol. The predicted octanol–water partition coefficient (Wildman–Crippen LogP) is 7.05. The first kappa shape index (κ1) is 26.8. The molecule has 0 radical (unpaired) electrons. The third-order valence-corrected chi connectivity index (χ3v) is 6.52. The van der Waals surface area contributed by atoms with Crippen LogP contribution in [-0.4, -0.2) is 29.9 Å². The molecule has 4 nitrogen and oxygen atoms in total. The summed E-state index contributed by atoms with van der Waals surface area (Å²) in [7, 11) is 0. The van der Waals surface area contributed by atoms with E-state index in [9.17, 15) is 14.0 Å². The second-order valence-corrected chi connectivity index (χ2v) is 9.31. The molecule has 0 aliphatic heterocycles. The zero-order valence-corrected chi connectivity index (χ0v) is 21.6. The van der Waals surface area contributed by atoms with E-state index in [4.69, 9.17) is 4.74 Å². The summed E-state index contributed by atoms with van der Waals surface area (Å²) in [5.41, 5.74) is 3.91. The number of amides is 1. The minimum Gasteiger partial charge on any atom is -0.427 e. The smallest absolute Gasteiger partial charge is 0.308 e. The Morgan fingerprint density at radius 1 is 0.789 bits per heavy atom. The van der Waals surface area contributed by atoms with E-state index in [-0.39, 0.29) is 23.6 Å². The molecular weight excluding hydrogens is 477 g/mol. The zero-order valence-electron chi connectivity index (χ0n) is 21.6. The lowest BCUT2D eigenvalue weighted by Gasteiger charge is -2.26. The van der Waals surface area contributed by atoms with Crippen molar-refractivity contribution in [2.24, 2.45) is 0 Å². The van der Waals surface area contributed by atoms with Gasteiger partial charge in [-0.05, 0) is 72.4 Å². The van der Waals surface area contributed by atoms with Gasteiger partial charge in [-0.15, -0.1) is 0 Å². The average Bonchev–Trinajstić information content (AvgIpc) is 2.93. The molecule has 4 rings (SSSR count). The van der Waals surface area contributed by atoms with Crippen molar-refractivity contribution in [3.05, 3.63) is 137 Å². The van der Waals surface area contributed by atoms with Gasteiger partial charge in [0.05, 0.1) is 0 Å². The van der Waals surface area contributed by atoms with Gasteiger partial charge in [0.1, 0.15) is 11.6 Å². The van der Waals surface area contributed by atoms with Crippen LogP contribution in [0, 0.1) is 5.82 Å². The van der Waals surface area contributed by atoms with Gasteiger partial charge >= 0.3 is 5.97 Å². The second kappa shape index (κ2) is 13.3. The van der Waals surface area contributed by atoms with E-state index in [1.165, 1.54) is 30.2 Å². The van der Waals surface area contributed by atoms with Crippen molar-refractivity contribution >= 4 is 11.9 Å². The maximum Gasteiger partial charge on any atom is 0.308 e. The first-order chi connectivity index (χ1) is 18.5. The van der Waals surface area contributed by atoms with E-state index in [0.717, 1.165) is 24.8 Å². The number of nitrogens with zero attached hydrogens (tertiary/aromatic N) is 1. The highest BCUT2D eigenvalue weighted by Crippen LogP contribution is 2.28. The number of rotatable bonds is 11. The van der Waals surface area contributed by atoms with Crippen molar-refractivity contribution in [3.8, 4) is 5.75 Å². The van der Waals surface area contributed by atoms with Crippen molar-refractivity contribution in [3.63, 3.8) is 0 Å². The van der Waals surface area contributed by atoms with E-state index >= 15 is 0 Å². The molecule has 0 aromatic heterocycles. The summed E-state index contributed by atoms with van der Waals surface area (Å²) in [5.74, 6) is -0.179. The first-order valence-corrected chi connectivity index (χ1v) is 12.9. The van der Waals surface area contributed by atoms with Crippen molar-refractivity contribution in [2.45, 2.75) is 32.1 Å². The Hall–Kier alpha value is -4.25. The monoisotopic (exact) mass is 509 g/mol. The van der Waals surface area contributed by atoms with Crippen LogP contribution in [0.15, 0.2) is 109 Å². The number of hydrogen-bond donors (Lipinski definition) is 0. The van der Waals surface area contributed by atoms with Crippen molar-refractivity contribution in [1.82, 2.24) is 4.90 Å². The highest BCUT2D eigenvalue weighted by atomic mass is 19.1. The Balaban J connectivity index is 1.50. The molecule has 0 bridgehead atoms. The van der Waals surface area contributed by atoms with Crippen LogP contribution in [0.25, 0.3) is 0 Å². The summed E-state index contributed by atoms with van der Waals surface area (Å²) < 4.78 is 18.7. The van der Waals surface area contributed by atoms with Gasteiger partial charge in [-0.3, -0.25) is 9.59 Å². The molecule has 4 aromatic carbocycles. The van der Waals surface area contributed by atoms with Crippen LogP contribution in [-0.2, 0) is 11.2 Å². The van der Waals surface area contributed by atoms with E-state index in [1.807, 2.05) is 59.5 Å². The lowest BCUT2D eigenvalue weighted by Crippen LogP contribution is -2.34. The summed E-state index contributed by atoms with van der Waals surface area (Å²) in [5, 5.41) is 0. The van der Waals surface area contributed by atoms with Gasteiger partial charge in [-0.1, -0.05) is 72.8 Å². The topological polar surface area (TPSA) is 46.6 Å². The Bertz CT molecular complexity index is 1280. The van der Waals surface area contributed by atoms with E-state index in [0.29, 0.717) is 24.4 Å². The lowest BCUT2D eigenvalue weighted by atomic mass is 9.88. The molecule has 0 aliphatic carbocycles. The molecule has 5 heteroatoms. The van der Waals surface area contributed by atoms with Crippen LogP contribution in [0.5, 0.6) is 5.75 Å². The molecule has 0 heterocycles. The molecule has 0 unspecified atom stereocenters. The Morgan fingerprint density at radius 2 is 1.42 bits per heavy atom. The highest BCUT2D eigenvalue weighted by molar-refractivity contribution is 5.94. The normalized spacial score (nSPS) is 10.8. The molecule has 0 saturated heterocycles. The second-order valence-electron chi connectivity index (χ2n) is 9.31. The lowest BCUT2D eigenvalue weighted by molar-refractivity contribution is -0.131. The van der Waals surface area contributed by atoms with Gasteiger partial charge in [-0.2, -0.15) is 0 Å². The SMILES string of the molecule is CC(=O)Oc1cccc(CCCN(CCC(c2ccccc2)c2ccccc2)C(=O)c2ccc(F)cc2)c1. The van der Waals surface area contributed by atoms with E-state index in [2.05, 4.69) is 24.3 Å². The molecule has 0 N–H and O–H groups in total. The molecule has 0 spiro atoms. The van der Waals surface area contributed by atoms with E-state index in [1.54, 1.807) is 18.2 Å². The molecule has 1 amide bonds. The number of halogens is 1. The maximum absolute atomic E-state index is 13.5. The van der Waals surface area contributed by atoms with Crippen LogP contribution in [0.2, 0.25) is 0 Å². The summed E-state index contributed by atoms with van der Waals surface area (Å²) in [6, 6.07) is 33.8. The summed E-state index contributed by atoms with van der Waals surface area (Å²) in [6.45, 7) is 2.48. The average molecular weight is 510 g/mol. The Morgan fingerprint density at radius 3 is 2.03 bits per heavy atom. The third kappa shape index (κ3) is 7.62. The van der Waals surface area contributed by atoms with Gasteiger partial charge < -0.3 is 9.64 Å². The number of hydrogen-bond acceptors (Lipinski definition) is 3. The molecular formula is C33H32FNO3. The third-order valence-electron chi connectivity index (χ3n) is 6.52. The van der Waals surface area contributed by atoms with Crippen LogP contribution in [0.4, 0.5) is 4.39 Å². The fourth-order valence-electron chi connectivity index (χ4n) is 4.68. The standard InChI is InChI=1S/C33H32FNO3/c1-25(36)38-31-16-8-10-26(24-31)11-9-22-35(33(37)29-17-19-30(34)20-18-29)23-21-32(27-12-4-2-5-13-27)28-14-6-3-7-15-28/h2-8,10,12-20,24,32H,9,11,21-23H2,1H3. The fourth-order valence-corrected chi connectivity index (χ4v) is 4.68. The van der Waals surface area contributed by atoms with Crippen LogP contribution in [0.3, 0.4) is 0 Å². The molecule has 38 heavy (non-hydrogen) atoms. The molecule has 0 atom stereocenters. The van der Waals surface area contributed by atoms with Crippen LogP contribution in [0.1, 0.15) is 52.7 Å². The van der Waals surface area contributed by atoms with Gasteiger partial charge in [0.2, 0.25) is 0 Å². The summed E-state index contributed by atoms with van der Waals surface area (Å²) in [4.78, 5) is 26.7. The molecule has 194 valence electrons. The number of carbonyl (C=O) groups excluding carboxylic acids is 2. The number of esters is 1. The Labute approximate surface area is 223 Å². The minimum atomic E-state index is -0.367. The minimum absolute atomic E-state index is 0.112. The fraction of sp³-hybridized carbons (Fsp3) is 0.212. The zero-order chi connectivity index (χ0) is 26.7. The number of carbonyl (C=O) groups is 2.